The van der Waals surface area contributed by atoms with Crippen molar-refractivity contribution in [3.63, 3.8) is 0 Å². The van der Waals surface area contributed by atoms with Crippen LogP contribution in [0.15, 0.2) is 24.3 Å². The molecule has 0 aliphatic rings. The van der Waals surface area contributed by atoms with Crippen molar-refractivity contribution in [1.82, 2.24) is 5.32 Å². The lowest BCUT2D eigenvalue weighted by atomic mass is 10.0. The predicted octanol–water partition coefficient (Wildman–Crippen LogP) is 2.38. The molecule has 0 aromatic heterocycles. The van der Waals surface area contributed by atoms with E-state index in [0.29, 0.717) is 5.56 Å². The normalized spacial score (nSPS) is 10.6. The highest BCUT2D eigenvalue weighted by atomic mass is 16.2. The third kappa shape index (κ3) is 4.55. The predicted molar refractivity (Wildman–Crippen MR) is 72.6 cm³/mol. The first-order valence-corrected chi connectivity index (χ1v) is 6.17. The monoisotopic (exact) mass is 258 g/mol. The molecular formula is C15H18N2O2. The van der Waals surface area contributed by atoms with Crippen molar-refractivity contribution in [1.29, 1.82) is 5.26 Å². The summed E-state index contributed by atoms with van der Waals surface area (Å²) in [5.41, 5.74) is 0.656. The van der Waals surface area contributed by atoms with Gasteiger partial charge in [0.1, 0.15) is 5.54 Å². The number of hydrogen-bond donors (Lipinski definition) is 1. The van der Waals surface area contributed by atoms with Crippen LogP contribution in [0.3, 0.4) is 0 Å². The Morgan fingerprint density at radius 3 is 2.47 bits per heavy atom. The molecule has 1 aromatic carbocycles. The molecule has 0 unspecified atom stereocenters. The molecule has 0 saturated heterocycles. The highest BCUT2D eigenvalue weighted by Gasteiger charge is 2.20. The minimum atomic E-state index is -0.900. The van der Waals surface area contributed by atoms with E-state index in [2.05, 4.69) is 5.32 Å². The second-order valence-corrected chi connectivity index (χ2v) is 5.02. The molecule has 0 fully saturated rings. The summed E-state index contributed by atoms with van der Waals surface area (Å²) in [5, 5.41) is 11.4. The lowest BCUT2D eigenvalue weighted by Gasteiger charge is -2.17. The molecule has 0 saturated carbocycles. The second-order valence-electron chi connectivity index (χ2n) is 5.02. The van der Waals surface area contributed by atoms with Crippen molar-refractivity contribution in [3.05, 3.63) is 35.4 Å². The van der Waals surface area contributed by atoms with Gasteiger partial charge in [-0.25, -0.2) is 0 Å². The van der Waals surface area contributed by atoms with Crippen molar-refractivity contribution < 1.29 is 9.59 Å². The lowest BCUT2D eigenvalue weighted by Crippen LogP contribution is -2.42. The summed E-state index contributed by atoms with van der Waals surface area (Å²) in [7, 11) is 0. The van der Waals surface area contributed by atoms with Gasteiger partial charge in [0.05, 0.1) is 6.07 Å². The molecule has 0 aliphatic carbocycles. The Hall–Kier alpha value is -2.15. The Morgan fingerprint density at radius 2 is 1.89 bits per heavy atom. The average molecular weight is 258 g/mol. The van der Waals surface area contributed by atoms with E-state index >= 15 is 0 Å². The Labute approximate surface area is 113 Å². The minimum absolute atomic E-state index is 0.0528. The molecule has 0 heterocycles. The average Bonchev–Trinajstić information content (AvgIpc) is 2.36. The maximum atomic E-state index is 12.0. The smallest absolute Gasteiger partial charge is 0.221 e. The number of aryl methyl sites for hydroxylation is 1. The summed E-state index contributed by atoms with van der Waals surface area (Å²) in [6.45, 7) is 5.11. The number of carbonyl (C=O) groups is 2. The summed E-state index contributed by atoms with van der Waals surface area (Å²) in [6, 6.07) is 9.28. The molecule has 4 heteroatoms. The van der Waals surface area contributed by atoms with Crippen molar-refractivity contribution in [2.45, 2.75) is 39.2 Å². The van der Waals surface area contributed by atoms with Gasteiger partial charge in [-0.15, -0.1) is 0 Å². The third-order valence-corrected chi connectivity index (χ3v) is 2.76. The van der Waals surface area contributed by atoms with Crippen molar-refractivity contribution in [2.75, 3.05) is 0 Å². The number of nitriles is 1. The summed E-state index contributed by atoms with van der Waals surface area (Å²) in [4.78, 5) is 23.6. The van der Waals surface area contributed by atoms with E-state index in [1.807, 2.05) is 25.1 Å². The number of rotatable bonds is 5. The topological polar surface area (TPSA) is 70.0 Å². The number of amides is 1. The van der Waals surface area contributed by atoms with E-state index in [0.717, 1.165) is 5.56 Å². The van der Waals surface area contributed by atoms with Crippen molar-refractivity contribution >= 4 is 11.7 Å². The van der Waals surface area contributed by atoms with E-state index in [1.165, 1.54) is 0 Å². The molecule has 0 spiro atoms. The second kappa shape index (κ2) is 6.14. The fourth-order valence-corrected chi connectivity index (χ4v) is 1.69. The summed E-state index contributed by atoms with van der Waals surface area (Å²) in [5.74, 6) is -0.337. The minimum Gasteiger partial charge on any atom is -0.338 e. The number of nitrogens with zero attached hydrogens (tertiary/aromatic N) is 1. The first-order chi connectivity index (χ1) is 8.85. The molecule has 0 atom stereocenters. The number of nitrogens with one attached hydrogen (secondary N) is 1. The summed E-state index contributed by atoms with van der Waals surface area (Å²) in [6.07, 6.45) is 0.247. The zero-order valence-corrected chi connectivity index (χ0v) is 11.5. The van der Waals surface area contributed by atoms with Crippen molar-refractivity contribution in [2.24, 2.45) is 0 Å². The van der Waals surface area contributed by atoms with Gasteiger partial charge in [0, 0.05) is 18.4 Å². The van der Waals surface area contributed by atoms with Crippen LogP contribution >= 0.6 is 0 Å². The molecule has 1 aromatic rings. The third-order valence-electron chi connectivity index (χ3n) is 2.76. The largest absolute Gasteiger partial charge is 0.338 e. The van der Waals surface area contributed by atoms with Crippen LogP contribution in [0.25, 0.3) is 0 Å². The Balaban J connectivity index is 2.55. The van der Waals surface area contributed by atoms with Gasteiger partial charge in [-0.1, -0.05) is 24.3 Å². The maximum absolute atomic E-state index is 12.0. The number of Topliss-reactive ketones (excluding diaryl/α,β-unsaturated/α-hetero) is 1. The molecule has 100 valence electrons. The Morgan fingerprint density at radius 1 is 1.26 bits per heavy atom. The van der Waals surface area contributed by atoms with Crippen LogP contribution < -0.4 is 5.32 Å². The molecule has 0 bridgehead atoms. The summed E-state index contributed by atoms with van der Waals surface area (Å²) >= 11 is 0. The number of carbonyl (C=O) groups excluding carboxylic acids is 2. The highest BCUT2D eigenvalue weighted by molar-refractivity contribution is 5.99. The molecule has 0 aliphatic heterocycles. The molecule has 1 N–H and O–H groups in total. The maximum Gasteiger partial charge on any atom is 0.221 e. The van der Waals surface area contributed by atoms with Crippen LogP contribution in [-0.4, -0.2) is 17.2 Å². The number of benzene rings is 1. The van der Waals surface area contributed by atoms with E-state index < -0.39 is 5.54 Å². The molecule has 0 radical (unpaired) electrons. The highest BCUT2D eigenvalue weighted by Crippen LogP contribution is 2.11. The Bertz CT molecular complexity index is 527. The summed E-state index contributed by atoms with van der Waals surface area (Å²) < 4.78 is 0. The number of ketones is 1. The van der Waals surface area contributed by atoms with Gasteiger partial charge in [0.15, 0.2) is 5.78 Å². The van der Waals surface area contributed by atoms with Crippen LogP contribution in [0.2, 0.25) is 0 Å². The molecule has 4 nitrogen and oxygen atoms in total. The van der Waals surface area contributed by atoms with Gasteiger partial charge < -0.3 is 5.32 Å². The molecule has 1 amide bonds. The van der Waals surface area contributed by atoms with E-state index in [1.54, 1.807) is 26.0 Å². The van der Waals surface area contributed by atoms with Gasteiger partial charge in [0.25, 0.3) is 0 Å². The number of hydrogen-bond acceptors (Lipinski definition) is 3. The SMILES string of the molecule is Cc1ccccc1C(=O)CCC(=O)NC(C)(C)C#N. The van der Waals surface area contributed by atoms with Crippen LogP contribution in [0.5, 0.6) is 0 Å². The van der Waals surface area contributed by atoms with Gasteiger partial charge >= 0.3 is 0 Å². The molecular weight excluding hydrogens is 240 g/mol. The first-order valence-electron chi connectivity index (χ1n) is 6.17. The van der Waals surface area contributed by atoms with Gasteiger partial charge in [-0.3, -0.25) is 9.59 Å². The molecule has 1 rings (SSSR count). The molecule has 19 heavy (non-hydrogen) atoms. The van der Waals surface area contributed by atoms with Gasteiger partial charge in [-0.05, 0) is 26.3 Å². The van der Waals surface area contributed by atoms with Crippen LogP contribution in [0.1, 0.15) is 42.6 Å². The lowest BCUT2D eigenvalue weighted by molar-refractivity contribution is -0.122. The van der Waals surface area contributed by atoms with Crippen LogP contribution in [0.4, 0.5) is 0 Å². The van der Waals surface area contributed by atoms with Gasteiger partial charge in [0.2, 0.25) is 5.91 Å². The fourth-order valence-electron chi connectivity index (χ4n) is 1.69. The van der Waals surface area contributed by atoms with Gasteiger partial charge in [-0.2, -0.15) is 5.26 Å². The standard InChI is InChI=1S/C15H18N2O2/c1-11-6-4-5-7-12(11)13(18)8-9-14(19)17-15(2,3)10-16/h4-7H,8-9H2,1-3H3,(H,17,19). The van der Waals surface area contributed by atoms with Crippen molar-refractivity contribution in [3.8, 4) is 6.07 Å². The Kier molecular flexibility index (Phi) is 4.82. The quantitative estimate of drug-likeness (QED) is 0.824. The fraction of sp³-hybridized carbons (Fsp3) is 0.400. The zero-order valence-electron chi connectivity index (χ0n) is 11.5. The van der Waals surface area contributed by atoms with E-state index in [-0.39, 0.29) is 24.5 Å². The first kappa shape index (κ1) is 14.9. The van der Waals surface area contributed by atoms with E-state index in [9.17, 15) is 9.59 Å². The van der Waals surface area contributed by atoms with Crippen LogP contribution in [0, 0.1) is 18.3 Å². The van der Waals surface area contributed by atoms with Crippen LogP contribution in [-0.2, 0) is 4.79 Å². The zero-order chi connectivity index (χ0) is 14.5. The van der Waals surface area contributed by atoms with E-state index in [4.69, 9.17) is 5.26 Å².